The highest BCUT2D eigenvalue weighted by molar-refractivity contribution is 6.00. The third-order valence-corrected chi connectivity index (χ3v) is 5.75. The maximum atomic E-state index is 12.6. The van der Waals surface area contributed by atoms with Crippen LogP contribution in [0.5, 0.6) is 5.75 Å². The predicted molar refractivity (Wildman–Crippen MR) is 113 cm³/mol. The lowest BCUT2D eigenvalue weighted by atomic mass is 10.1. The number of nitrogens with zero attached hydrogens (tertiary/aromatic N) is 2. The monoisotopic (exact) mass is 393 g/mol. The number of carbonyl (C=O) groups is 2. The molecule has 29 heavy (non-hydrogen) atoms. The fourth-order valence-electron chi connectivity index (χ4n) is 4.03. The van der Waals surface area contributed by atoms with Gasteiger partial charge in [-0.25, -0.2) is 0 Å². The van der Waals surface area contributed by atoms with E-state index in [0.717, 1.165) is 30.1 Å². The number of nitrogens with one attached hydrogen (secondary N) is 1. The zero-order valence-electron chi connectivity index (χ0n) is 16.8. The normalized spacial score (nSPS) is 18.9. The Morgan fingerprint density at radius 3 is 2.34 bits per heavy atom. The standard InChI is InChI=1S/C23H27N3O3/c1-29-21-10-8-20(9-11-21)26-16-18(14-22(26)27)23(28)24-15-17-4-6-19(7-5-17)25-12-2-3-13-25/h4-11,18H,2-3,12-16H2,1H3,(H,24,28)/t18-/m0/s1. The van der Waals surface area contributed by atoms with Gasteiger partial charge in [-0.3, -0.25) is 9.59 Å². The molecule has 2 aromatic rings. The molecule has 4 rings (SSSR count). The minimum Gasteiger partial charge on any atom is -0.497 e. The van der Waals surface area contributed by atoms with Crippen LogP contribution in [0.15, 0.2) is 48.5 Å². The summed E-state index contributed by atoms with van der Waals surface area (Å²) in [6.07, 6.45) is 2.75. The number of carbonyl (C=O) groups excluding carboxylic acids is 2. The largest absolute Gasteiger partial charge is 0.497 e. The van der Waals surface area contributed by atoms with Gasteiger partial charge >= 0.3 is 0 Å². The Morgan fingerprint density at radius 2 is 1.69 bits per heavy atom. The number of rotatable bonds is 6. The molecule has 152 valence electrons. The van der Waals surface area contributed by atoms with Gasteiger partial charge in [0.15, 0.2) is 0 Å². The topological polar surface area (TPSA) is 61.9 Å². The number of methoxy groups -OCH3 is 1. The van der Waals surface area contributed by atoms with Crippen molar-refractivity contribution in [3.8, 4) is 5.75 Å². The quantitative estimate of drug-likeness (QED) is 0.820. The summed E-state index contributed by atoms with van der Waals surface area (Å²) in [7, 11) is 1.61. The van der Waals surface area contributed by atoms with Crippen LogP contribution in [0, 0.1) is 5.92 Å². The van der Waals surface area contributed by atoms with Crippen LogP contribution < -0.4 is 19.9 Å². The molecule has 2 aliphatic heterocycles. The highest BCUT2D eigenvalue weighted by Crippen LogP contribution is 2.27. The molecular weight excluding hydrogens is 366 g/mol. The molecule has 6 heteroatoms. The molecule has 2 saturated heterocycles. The number of hydrogen-bond acceptors (Lipinski definition) is 4. The van der Waals surface area contributed by atoms with Crippen molar-refractivity contribution in [3.05, 3.63) is 54.1 Å². The SMILES string of the molecule is COc1ccc(N2C[C@@H](C(=O)NCc3ccc(N4CCCC4)cc3)CC2=O)cc1. The molecule has 0 radical (unpaired) electrons. The van der Waals surface area contributed by atoms with E-state index < -0.39 is 0 Å². The Balaban J connectivity index is 1.31. The summed E-state index contributed by atoms with van der Waals surface area (Å²) < 4.78 is 5.16. The molecule has 0 aromatic heterocycles. The third kappa shape index (κ3) is 4.36. The third-order valence-electron chi connectivity index (χ3n) is 5.75. The molecule has 6 nitrogen and oxygen atoms in total. The van der Waals surface area contributed by atoms with E-state index in [1.807, 2.05) is 24.3 Å². The summed E-state index contributed by atoms with van der Waals surface area (Å²) in [5.74, 6) is 0.321. The molecular formula is C23H27N3O3. The van der Waals surface area contributed by atoms with E-state index in [-0.39, 0.29) is 24.2 Å². The number of benzene rings is 2. The van der Waals surface area contributed by atoms with Crippen LogP contribution in [-0.4, -0.2) is 38.6 Å². The van der Waals surface area contributed by atoms with Crippen molar-refractivity contribution in [1.82, 2.24) is 5.32 Å². The Kier molecular flexibility index (Phi) is 5.69. The first-order chi connectivity index (χ1) is 14.1. The van der Waals surface area contributed by atoms with E-state index >= 15 is 0 Å². The molecule has 0 saturated carbocycles. The molecule has 0 bridgehead atoms. The van der Waals surface area contributed by atoms with Gasteiger partial charge in [0.1, 0.15) is 5.75 Å². The summed E-state index contributed by atoms with van der Waals surface area (Å²) >= 11 is 0. The van der Waals surface area contributed by atoms with Crippen molar-refractivity contribution in [3.63, 3.8) is 0 Å². The molecule has 2 heterocycles. The van der Waals surface area contributed by atoms with Crippen LogP contribution in [0.3, 0.4) is 0 Å². The lowest BCUT2D eigenvalue weighted by Gasteiger charge is -2.18. The summed E-state index contributed by atoms with van der Waals surface area (Å²) in [6, 6.07) is 15.7. The Morgan fingerprint density at radius 1 is 1.03 bits per heavy atom. The first-order valence-electron chi connectivity index (χ1n) is 10.2. The smallest absolute Gasteiger partial charge is 0.227 e. The Hall–Kier alpha value is -3.02. The molecule has 1 N–H and O–H groups in total. The van der Waals surface area contributed by atoms with Crippen LogP contribution in [-0.2, 0) is 16.1 Å². The van der Waals surface area contributed by atoms with Gasteiger partial charge in [0.2, 0.25) is 11.8 Å². The highest BCUT2D eigenvalue weighted by Gasteiger charge is 2.35. The fourth-order valence-corrected chi connectivity index (χ4v) is 4.03. The van der Waals surface area contributed by atoms with Crippen LogP contribution >= 0.6 is 0 Å². The van der Waals surface area contributed by atoms with E-state index in [4.69, 9.17) is 4.74 Å². The lowest BCUT2D eigenvalue weighted by Crippen LogP contribution is -2.32. The Labute approximate surface area is 171 Å². The summed E-state index contributed by atoms with van der Waals surface area (Å²) in [4.78, 5) is 29.1. The van der Waals surface area contributed by atoms with Crippen molar-refractivity contribution in [2.45, 2.75) is 25.8 Å². The molecule has 2 aromatic carbocycles. The van der Waals surface area contributed by atoms with Gasteiger partial charge in [-0.05, 0) is 54.8 Å². The number of amides is 2. The lowest BCUT2D eigenvalue weighted by molar-refractivity contribution is -0.126. The van der Waals surface area contributed by atoms with Crippen LogP contribution in [0.1, 0.15) is 24.8 Å². The second-order valence-electron chi connectivity index (χ2n) is 7.68. The van der Waals surface area contributed by atoms with Crippen molar-refractivity contribution in [1.29, 1.82) is 0 Å². The van der Waals surface area contributed by atoms with Gasteiger partial charge in [-0.2, -0.15) is 0 Å². The van der Waals surface area contributed by atoms with Gasteiger partial charge in [-0.1, -0.05) is 12.1 Å². The molecule has 1 atom stereocenters. The van der Waals surface area contributed by atoms with Gasteiger partial charge in [0.05, 0.1) is 13.0 Å². The van der Waals surface area contributed by atoms with Crippen LogP contribution in [0.4, 0.5) is 11.4 Å². The van der Waals surface area contributed by atoms with Gasteiger partial charge in [0, 0.05) is 44.0 Å². The van der Waals surface area contributed by atoms with Gasteiger partial charge < -0.3 is 19.9 Å². The highest BCUT2D eigenvalue weighted by atomic mass is 16.5. The van der Waals surface area contributed by atoms with E-state index in [0.29, 0.717) is 13.1 Å². The molecule has 0 spiro atoms. The molecule has 0 aliphatic carbocycles. The number of hydrogen-bond donors (Lipinski definition) is 1. The van der Waals surface area contributed by atoms with E-state index in [9.17, 15) is 9.59 Å². The molecule has 2 aliphatic rings. The van der Waals surface area contributed by atoms with E-state index in [2.05, 4.69) is 34.5 Å². The minimum absolute atomic E-state index is 0.0229. The van der Waals surface area contributed by atoms with Crippen molar-refractivity contribution < 1.29 is 14.3 Å². The zero-order valence-corrected chi connectivity index (χ0v) is 16.8. The second kappa shape index (κ2) is 8.55. The van der Waals surface area contributed by atoms with Gasteiger partial charge in [-0.15, -0.1) is 0 Å². The maximum absolute atomic E-state index is 12.6. The second-order valence-corrected chi connectivity index (χ2v) is 7.68. The first kappa shape index (κ1) is 19.3. The average Bonchev–Trinajstić information content (AvgIpc) is 3.43. The average molecular weight is 393 g/mol. The van der Waals surface area contributed by atoms with Crippen LogP contribution in [0.2, 0.25) is 0 Å². The van der Waals surface area contributed by atoms with Crippen molar-refractivity contribution >= 4 is 23.2 Å². The maximum Gasteiger partial charge on any atom is 0.227 e. The molecule has 2 fully saturated rings. The summed E-state index contributed by atoms with van der Waals surface area (Å²) in [5, 5.41) is 2.99. The van der Waals surface area contributed by atoms with E-state index in [1.165, 1.54) is 18.5 Å². The fraction of sp³-hybridized carbons (Fsp3) is 0.391. The number of anilines is 2. The molecule has 0 unspecified atom stereocenters. The van der Waals surface area contributed by atoms with Gasteiger partial charge in [0.25, 0.3) is 0 Å². The van der Waals surface area contributed by atoms with Crippen molar-refractivity contribution in [2.75, 3.05) is 36.5 Å². The van der Waals surface area contributed by atoms with E-state index in [1.54, 1.807) is 12.0 Å². The van der Waals surface area contributed by atoms with Crippen LogP contribution in [0.25, 0.3) is 0 Å². The minimum atomic E-state index is -0.325. The summed E-state index contributed by atoms with van der Waals surface area (Å²) in [5.41, 5.74) is 3.11. The Bertz CT molecular complexity index is 858. The molecule has 2 amide bonds. The zero-order chi connectivity index (χ0) is 20.2. The predicted octanol–water partition coefficient (Wildman–Crippen LogP) is 2.96. The first-order valence-corrected chi connectivity index (χ1v) is 10.2. The number of ether oxygens (including phenoxy) is 1. The van der Waals surface area contributed by atoms with Crippen molar-refractivity contribution in [2.24, 2.45) is 5.92 Å². The summed E-state index contributed by atoms with van der Waals surface area (Å²) in [6.45, 7) is 3.13.